The quantitative estimate of drug-likeness (QED) is 0.137. The number of methoxy groups -OCH3 is 1. The number of aryl methyl sites for hydroxylation is 1. The van der Waals surface area contributed by atoms with Crippen LogP contribution in [0.2, 0.25) is 0 Å². The lowest BCUT2D eigenvalue weighted by Crippen LogP contribution is -2.40. The van der Waals surface area contributed by atoms with Gasteiger partial charge in [0.1, 0.15) is 23.8 Å². The van der Waals surface area contributed by atoms with Gasteiger partial charge in [0.15, 0.2) is 17.0 Å². The van der Waals surface area contributed by atoms with E-state index in [-0.39, 0.29) is 43.7 Å². The molecule has 0 bridgehead atoms. The molecule has 3 atom stereocenters. The van der Waals surface area contributed by atoms with Gasteiger partial charge in [0.25, 0.3) is 11.1 Å². The number of hydrogen-bond donors (Lipinski definition) is 3. The summed E-state index contributed by atoms with van der Waals surface area (Å²) in [6.45, 7) is 4.89. The number of hydrogen-bond acceptors (Lipinski definition) is 13. The van der Waals surface area contributed by atoms with E-state index in [9.17, 15) is 14.0 Å². The monoisotopic (exact) mass is 708 g/mol. The van der Waals surface area contributed by atoms with Crippen LogP contribution in [0.25, 0.3) is 11.2 Å². The van der Waals surface area contributed by atoms with Crippen molar-refractivity contribution < 1.29 is 28.2 Å². The standard InChI is InChI=1S/C31H37FN12O5S/c1-5-23(45)35-21-16-42(15-20(21)32)29-37-25(24-26(38-29)41(3)18-34-24)36-22-17-43(39-27(22)47-4)11-12-48-13-14-49-31-40-44(30(46)33-2)28(50-31)19-9-7-6-8-10-19/h5-10,17-18,20-21,28H,1,11-16H2,2-4H3,(H,33,46)(H,35,45)(H,36,37,38)/t20-,21-,28?/m1/s1. The Hall–Kier alpha value is -5.43. The van der Waals surface area contributed by atoms with Crippen molar-refractivity contribution in [3.05, 3.63) is 61.1 Å². The Morgan fingerprint density at radius 2 is 1.98 bits per heavy atom. The van der Waals surface area contributed by atoms with Crippen molar-refractivity contribution in [2.75, 3.05) is 57.3 Å². The van der Waals surface area contributed by atoms with Gasteiger partial charge in [0.05, 0.1) is 52.0 Å². The molecule has 3 aromatic heterocycles. The fraction of sp³-hybridized carbons (Fsp3) is 0.387. The molecule has 1 saturated heterocycles. The third-order valence-electron chi connectivity index (χ3n) is 7.82. The molecular weight excluding hydrogens is 671 g/mol. The van der Waals surface area contributed by atoms with Crippen molar-refractivity contribution in [2.45, 2.75) is 24.1 Å². The number of aromatic nitrogens is 6. The van der Waals surface area contributed by atoms with Gasteiger partial charge in [-0.3, -0.25) is 9.48 Å². The Morgan fingerprint density at radius 3 is 2.74 bits per heavy atom. The van der Waals surface area contributed by atoms with Gasteiger partial charge in [-0.05, 0) is 23.4 Å². The number of urea groups is 1. The number of imidazole rings is 1. The number of carbonyl (C=O) groups is 2. The molecular formula is C31H37FN12O5S. The average Bonchev–Trinajstić information content (AvgIpc) is 3.92. The van der Waals surface area contributed by atoms with Gasteiger partial charge in [-0.15, -0.1) is 10.2 Å². The molecule has 1 fully saturated rings. The van der Waals surface area contributed by atoms with Gasteiger partial charge < -0.3 is 39.6 Å². The van der Waals surface area contributed by atoms with Crippen LogP contribution in [0, 0.1) is 0 Å². The largest absolute Gasteiger partial charge is 0.478 e. The van der Waals surface area contributed by atoms with Crippen LogP contribution in [0.4, 0.5) is 26.6 Å². The highest BCUT2D eigenvalue weighted by atomic mass is 32.2. The normalized spacial score (nSPS) is 18.6. The predicted molar refractivity (Wildman–Crippen MR) is 185 cm³/mol. The van der Waals surface area contributed by atoms with Crippen LogP contribution in [0.3, 0.4) is 0 Å². The maximum atomic E-state index is 14.8. The summed E-state index contributed by atoms with van der Waals surface area (Å²) in [5.41, 5.74) is 2.49. The van der Waals surface area contributed by atoms with E-state index in [1.54, 1.807) is 40.8 Å². The molecule has 50 heavy (non-hydrogen) atoms. The molecule has 0 saturated carbocycles. The van der Waals surface area contributed by atoms with Gasteiger partial charge in [0.2, 0.25) is 11.9 Å². The summed E-state index contributed by atoms with van der Waals surface area (Å²) in [4.78, 5) is 39.6. The minimum absolute atomic E-state index is 0.00674. The average molecular weight is 709 g/mol. The minimum atomic E-state index is -1.31. The van der Waals surface area contributed by atoms with Crippen LogP contribution in [-0.4, -0.2) is 111 Å². The number of nitrogens with zero attached hydrogens (tertiary/aromatic N) is 9. The van der Waals surface area contributed by atoms with Gasteiger partial charge in [-0.25, -0.2) is 14.2 Å². The Bertz CT molecular complexity index is 1870. The lowest BCUT2D eigenvalue weighted by atomic mass is 10.2. The first kappa shape index (κ1) is 34.4. The highest BCUT2D eigenvalue weighted by Gasteiger charge is 2.36. The van der Waals surface area contributed by atoms with E-state index >= 15 is 0 Å². The number of thioether (sulfide) groups is 1. The molecule has 5 heterocycles. The second-order valence-electron chi connectivity index (χ2n) is 11.2. The van der Waals surface area contributed by atoms with E-state index in [1.165, 1.54) is 23.9 Å². The van der Waals surface area contributed by atoms with Crippen molar-refractivity contribution in [1.29, 1.82) is 0 Å². The number of hydrazone groups is 1. The van der Waals surface area contributed by atoms with E-state index in [2.05, 4.69) is 47.7 Å². The molecule has 2 aliphatic heterocycles. The van der Waals surface area contributed by atoms with Crippen LogP contribution in [0.5, 0.6) is 5.88 Å². The molecule has 4 aromatic rings. The smallest absolute Gasteiger partial charge is 0.339 e. The number of ether oxygens (including phenoxy) is 3. The topological polar surface area (TPSA) is 178 Å². The van der Waals surface area contributed by atoms with Gasteiger partial charge in [-0.1, -0.05) is 36.9 Å². The van der Waals surface area contributed by atoms with E-state index in [1.807, 2.05) is 30.3 Å². The Morgan fingerprint density at radius 1 is 1.16 bits per heavy atom. The predicted octanol–water partition coefficient (Wildman–Crippen LogP) is 2.53. The van der Waals surface area contributed by atoms with Crippen molar-refractivity contribution in [3.63, 3.8) is 0 Å². The van der Waals surface area contributed by atoms with E-state index in [4.69, 9.17) is 14.2 Å². The molecule has 1 aromatic carbocycles. The highest BCUT2D eigenvalue weighted by Crippen LogP contribution is 2.39. The second kappa shape index (κ2) is 15.4. The molecule has 6 rings (SSSR count). The SMILES string of the molecule is C=CC(=O)N[C@@H]1CN(c2nc(Nc3cn(CCOCCOC4=NN(C(=O)NC)C(c5ccccc5)S4)nc3OC)c3ncn(C)c3n2)C[C@H]1F. The van der Waals surface area contributed by atoms with Crippen LogP contribution in [0.1, 0.15) is 10.9 Å². The molecule has 3 amide bonds. The molecule has 0 aliphatic carbocycles. The summed E-state index contributed by atoms with van der Waals surface area (Å²) in [6.07, 6.45) is 3.17. The number of amides is 3. The Balaban J connectivity index is 1.05. The molecule has 0 spiro atoms. The fourth-order valence-electron chi connectivity index (χ4n) is 5.33. The number of carbonyl (C=O) groups excluding carboxylic acids is 2. The summed E-state index contributed by atoms with van der Waals surface area (Å²) in [6, 6.07) is 8.54. The first-order valence-electron chi connectivity index (χ1n) is 15.7. The molecule has 19 heteroatoms. The van der Waals surface area contributed by atoms with Crippen LogP contribution in [-0.2, 0) is 27.9 Å². The number of anilines is 3. The van der Waals surface area contributed by atoms with Gasteiger partial charge >= 0.3 is 6.03 Å². The fourth-order valence-corrected chi connectivity index (χ4v) is 6.34. The molecule has 2 aliphatic rings. The van der Waals surface area contributed by atoms with Crippen LogP contribution in [0.15, 0.2) is 60.6 Å². The molecule has 264 valence electrons. The zero-order valence-corrected chi connectivity index (χ0v) is 28.5. The van der Waals surface area contributed by atoms with Crippen LogP contribution >= 0.6 is 11.8 Å². The van der Waals surface area contributed by atoms with Gasteiger partial charge in [-0.2, -0.15) is 15.0 Å². The summed E-state index contributed by atoms with van der Waals surface area (Å²) in [5, 5.41) is 18.7. The molecule has 3 N–H and O–H groups in total. The van der Waals surface area contributed by atoms with Crippen LogP contribution < -0.4 is 25.6 Å². The first-order chi connectivity index (χ1) is 24.3. The number of halogens is 1. The van der Waals surface area contributed by atoms with Crippen molar-refractivity contribution >= 4 is 57.5 Å². The number of nitrogens with one attached hydrogen (secondary N) is 3. The van der Waals surface area contributed by atoms with Gasteiger partial charge in [0, 0.05) is 20.6 Å². The van der Waals surface area contributed by atoms with E-state index in [0.717, 1.165) is 11.6 Å². The van der Waals surface area contributed by atoms with Crippen molar-refractivity contribution in [3.8, 4) is 5.88 Å². The third kappa shape index (κ3) is 7.57. The zero-order chi connectivity index (χ0) is 35.2. The summed E-state index contributed by atoms with van der Waals surface area (Å²) >= 11 is 1.35. The Labute approximate surface area is 290 Å². The summed E-state index contributed by atoms with van der Waals surface area (Å²) in [5.74, 6) is 0.531. The molecule has 0 radical (unpaired) electrons. The number of fused-ring (bicyclic) bond motifs is 1. The van der Waals surface area contributed by atoms with E-state index in [0.29, 0.717) is 46.9 Å². The Kier molecular flexibility index (Phi) is 10.6. The number of rotatable bonds is 13. The maximum Gasteiger partial charge on any atom is 0.339 e. The van der Waals surface area contributed by atoms with E-state index < -0.39 is 18.1 Å². The van der Waals surface area contributed by atoms with Crippen molar-refractivity contribution in [1.82, 2.24) is 44.9 Å². The molecule has 1 unspecified atom stereocenters. The molecule has 17 nitrogen and oxygen atoms in total. The number of benzene rings is 1. The lowest BCUT2D eigenvalue weighted by Gasteiger charge is -2.19. The second-order valence-corrected chi connectivity index (χ2v) is 12.2. The zero-order valence-electron chi connectivity index (χ0n) is 27.7. The third-order valence-corrected chi connectivity index (χ3v) is 8.91. The maximum absolute atomic E-state index is 14.8. The van der Waals surface area contributed by atoms with Crippen molar-refractivity contribution in [2.24, 2.45) is 12.1 Å². The summed E-state index contributed by atoms with van der Waals surface area (Å²) in [7, 11) is 4.86. The number of alkyl halides is 1. The minimum Gasteiger partial charge on any atom is -0.478 e. The highest BCUT2D eigenvalue weighted by molar-refractivity contribution is 8.13. The summed E-state index contributed by atoms with van der Waals surface area (Å²) < 4.78 is 35.3. The first-order valence-corrected chi connectivity index (χ1v) is 16.6. The lowest BCUT2D eigenvalue weighted by molar-refractivity contribution is -0.117.